The van der Waals surface area contributed by atoms with Crippen LogP contribution in [0.25, 0.3) is 6.08 Å². The number of carbonyl (C=O) groups is 2. The highest BCUT2D eigenvalue weighted by atomic mass is 16.5. The number of hydrogen-bond acceptors (Lipinski definition) is 7. The van der Waals surface area contributed by atoms with Crippen LogP contribution < -0.4 is 0 Å². The Kier molecular flexibility index (Phi) is 5.50. The number of carboxylic acids is 1. The quantitative estimate of drug-likeness (QED) is 0.277. The number of phenolic OH excluding ortho intramolecular Hbond substituents is 2. The maximum absolute atomic E-state index is 11.4. The molecule has 8 heteroatoms. The van der Waals surface area contributed by atoms with E-state index in [4.69, 9.17) is 10.2 Å². The molecule has 1 aromatic rings. The Labute approximate surface area is 125 Å². The molecule has 0 heterocycles. The third kappa shape index (κ3) is 4.47. The number of benzene rings is 1. The van der Waals surface area contributed by atoms with Gasteiger partial charge in [-0.1, -0.05) is 6.07 Å². The molecule has 0 aliphatic carbocycles. The van der Waals surface area contributed by atoms with E-state index in [-0.39, 0.29) is 11.5 Å². The monoisotopic (exact) mass is 312 g/mol. The molecular formula is C14H16O8. The summed E-state index contributed by atoms with van der Waals surface area (Å²) in [5.74, 6) is -3.19. The smallest absolute Gasteiger partial charge is 0.338 e. The van der Waals surface area contributed by atoms with Crippen molar-refractivity contribution in [2.24, 2.45) is 0 Å². The van der Waals surface area contributed by atoms with Gasteiger partial charge in [-0.2, -0.15) is 0 Å². The van der Waals surface area contributed by atoms with Gasteiger partial charge in [-0.3, -0.25) is 0 Å². The van der Waals surface area contributed by atoms with Gasteiger partial charge in [-0.05, 0) is 30.7 Å². The van der Waals surface area contributed by atoms with E-state index < -0.39 is 30.3 Å². The van der Waals surface area contributed by atoms with Crippen molar-refractivity contribution in [3.05, 3.63) is 29.8 Å². The molecule has 0 fully saturated rings. The van der Waals surface area contributed by atoms with Crippen LogP contribution in [0.4, 0.5) is 0 Å². The number of esters is 1. The molecule has 0 saturated heterocycles. The fraction of sp³-hybridized carbons (Fsp3) is 0.286. The first-order valence-electron chi connectivity index (χ1n) is 6.15. The van der Waals surface area contributed by atoms with Crippen LogP contribution in [0.1, 0.15) is 12.5 Å². The number of ether oxygens (including phenoxy) is 1. The Morgan fingerprint density at radius 1 is 1.32 bits per heavy atom. The molecule has 1 aromatic carbocycles. The van der Waals surface area contributed by atoms with E-state index in [2.05, 4.69) is 4.74 Å². The number of rotatable bonds is 6. The van der Waals surface area contributed by atoms with Crippen molar-refractivity contribution >= 4 is 18.0 Å². The Hall–Kier alpha value is -2.58. The lowest BCUT2D eigenvalue weighted by molar-refractivity contribution is -0.175. The highest BCUT2D eigenvalue weighted by Gasteiger charge is 2.39. The number of aliphatic hydroxyl groups excluding tert-OH is 1. The Morgan fingerprint density at radius 2 is 1.95 bits per heavy atom. The highest BCUT2D eigenvalue weighted by Crippen LogP contribution is 2.25. The topological polar surface area (TPSA) is 145 Å². The van der Waals surface area contributed by atoms with Gasteiger partial charge in [0.15, 0.2) is 17.1 Å². The molecular weight excluding hydrogens is 296 g/mol. The van der Waals surface area contributed by atoms with Gasteiger partial charge < -0.3 is 30.3 Å². The van der Waals surface area contributed by atoms with E-state index in [1.165, 1.54) is 24.3 Å². The van der Waals surface area contributed by atoms with E-state index in [0.29, 0.717) is 5.56 Å². The number of aromatic hydroxyl groups is 2. The van der Waals surface area contributed by atoms with Gasteiger partial charge in [0, 0.05) is 6.08 Å². The minimum Gasteiger partial charge on any atom is -0.504 e. The minimum absolute atomic E-state index is 0.307. The molecule has 0 spiro atoms. The third-order valence-electron chi connectivity index (χ3n) is 2.88. The molecule has 0 aliphatic heterocycles. The van der Waals surface area contributed by atoms with Gasteiger partial charge in [0.1, 0.15) is 12.7 Å². The third-order valence-corrected chi connectivity index (χ3v) is 2.88. The summed E-state index contributed by atoms with van der Waals surface area (Å²) in [6.45, 7) is 0.173. The first-order chi connectivity index (χ1) is 10.1. The van der Waals surface area contributed by atoms with Crippen molar-refractivity contribution in [2.75, 3.05) is 6.61 Å². The summed E-state index contributed by atoms with van der Waals surface area (Å²) in [6, 6.07) is 3.88. The molecule has 0 saturated carbocycles. The van der Waals surface area contributed by atoms with E-state index in [1.54, 1.807) is 0 Å². The number of hydrogen-bond donors (Lipinski definition) is 5. The molecule has 0 radical (unpaired) electrons. The normalized spacial score (nSPS) is 15.2. The van der Waals surface area contributed by atoms with Gasteiger partial charge in [-0.25, -0.2) is 9.59 Å². The Balaban J connectivity index is 2.58. The standard InChI is InChI=1S/C14H16O8/c1-14(21,13(19)20)11(17)7-22-12(18)5-3-8-2-4-9(15)10(16)6-8/h2-6,11,15-17,21H,7H2,1H3,(H,19,20)/t11-,14+/m0/s1. The highest BCUT2D eigenvalue weighted by molar-refractivity contribution is 5.87. The molecule has 8 nitrogen and oxygen atoms in total. The van der Waals surface area contributed by atoms with Gasteiger partial charge >= 0.3 is 11.9 Å². The predicted molar refractivity (Wildman–Crippen MR) is 74.0 cm³/mol. The lowest BCUT2D eigenvalue weighted by Crippen LogP contribution is -2.49. The summed E-state index contributed by atoms with van der Waals surface area (Å²) < 4.78 is 4.61. The Bertz CT molecular complexity index is 591. The summed E-state index contributed by atoms with van der Waals surface area (Å²) in [5.41, 5.74) is -2.03. The largest absolute Gasteiger partial charge is 0.504 e. The lowest BCUT2D eigenvalue weighted by Gasteiger charge is -2.23. The fourth-order valence-corrected chi connectivity index (χ4v) is 1.32. The molecule has 1 rings (SSSR count). The van der Waals surface area contributed by atoms with Crippen LogP contribution in [0.2, 0.25) is 0 Å². The first-order valence-corrected chi connectivity index (χ1v) is 6.15. The molecule has 5 N–H and O–H groups in total. The molecule has 0 bridgehead atoms. The SMILES string of the molecule is C[C@](O)(C(=O)O)[C@@H](O)COC(=O)C=Cc1ccc(O)c(O)c1. The van der Waals surface area contributed by atoms with Gasteiger partial charge in [0.25, 0.3) is 0 Å². The summed E-state index contributed by atoms with van der Waals surface area (Å²) >= 11 is 0. The zero-order chi connectivity index (χ0) is 16.9. The number of carbonyl (C=O) groups excluding carboxylic acids is 1. The number of aliphatic carboxylic acids is 1. The second-order valence-electron chi connectivity index (χ2n) is 4.68. The van der Waals surface area contributed by atoms with Crippen LogP contribution in [-0.4, -0.2) is 55.8 Å². The molecule has 0 amide bonds. The zero-order valence-electron chi connectivity index (χ0n) is 11.6. The van der Waals surface area contributed by atoms with E-state index >= 15 is 0 Å². The van der Waals surface area contributed by atoms with Crippen LogP contribution >= 0.6 is 0 Å². The average Bonchev–Trinajstić information content (AvgIpc) is 2.45. The first kappa shape index (κ1) is 17.5. The van der Waals surface area contributed by atoms with Crippen molar-refractivity contribution in [1.82, 2.24) is 0 Å². The zero-order valence-corrected chi connectivity index (χ0v) is 11.6. The maximum Gasteiger partial charge on any atom is 0.338 e. The van der Waals surface area contributed by atoms with Gasteiger partial charge in [0.2, 0.25) is 0 Å². The van der Waals surface area contributed by atoms with Crippen molar-refractivity contribution in [3.63, 3.8) is 0 Å². The molecule has 0 aromatic heterocycles. The van der Waals surface area contributed by atoms with E-state index in [9.17, 15) is 24.9 Å². The van der Waals surface area contributed by atoms with Crippen LogP contribution in [0.3, 0.4) is 0 Å². The van der Waals surface area contributed by atoms with Crippen LogP contribution in [-0.2, 0) is 14.3 Å². The van der Waals surface area contributed by atoms with E-state index in [1.807, 2.05) is 0 Å². The van der Waals surface area contributed by atoms with Crippen molar-refractivity contribution < 1.29 is 39.9 Å². The number of aliphatic hydroxyl groups is 2. The van der Waals surface area contributed by atoms with Crippen LogP contribution in [0.15, 0.2) is 24.3 Å². The van der Waals surface area contributed by atoms with Crippen LogP contribution in [0, 0.1) is 0 Å². The Morgan fingerprint density at radius 3 is 2.50 bits per heavy atom. The fourth-order valence-electron chi connectivity index (χ4n) is 1.32. The second-order valence-corrected chi connectivity index (χ2v) is 4.68. The lowest BCUT2D eigenvalue weighted by atomic mass is 10.0. The van der Waals surface area contributed by atoms with Crippen molar-refractivity contribution in [3.8, 4) is 11.5 Å². The van der Waals surface area contributed by atoms with Crippen molar-refractivity contribution in [2.45, 2.75) is 18.6 Å². The molecule has 2 atom stereocenters. The summed E-state index contributed by atoms with van der Waals surface area (Å²) in [4.78, 5) is 22.1. The summed E-state index contributed by atoms with van der Waals surface area (Å²) in [6.07, 6.45) is 0.470. The molecule has 0 aliphatic rings. The number of carboxylic acid groups (broad SMARTS) is 1. The minimum atomic E-state index is -2.44. The average molecular weight is 312 g/mol. The van der Waals surface area contributed by atoms with Gasteiger partial charge in [0.05, 0.1) is 0 Å². The maximum atomic E-state index is 11.4. The predicted octanol–water partition coefficient (Wildman–Crippen LogP) is -0.149. The van der Waals surface area contributed by atoms with Crippen molar-refractivity contribution in [1.29, 1.82) is 0 Å². The molecule has 0 unspecified atom stereocenters. The summed E-state index contributed by atoms with van der Waals surface area (Å²) in [7, 11) is 0. The molecule has 120 valence electrons. The van der Waals surface area contributed by atoms with Crippen LogP contribution in [0.5, 0.6) is 11.5 Å². The van der Waals surface area contributed by atoms with Gasteiger partial charge in [-0.15, -0.1) is 0 Å². The van der Waals surface area contributed by atoms with E-state index in [0.717, 1.165) is 13.0 Å². The summed E-state index contributed by atoms with van der Waals surface area (Å²) in [5, 5.41) is 45.9. The molecule has 22 heavy (non-hydrogen) atoms. The second kappa shape index (κ2) is 6.92. The number of phenols is 2.